The largest absolute Gasteiger partial charge is 0.491 e. The Kier molecular flexibility index (Phi) is 8.13. The molecule has 2 N–H and O–H groups in total. The fraction of sp³-hybridized carbons (Fsp3) is 0.571. The van der Waals surface area contributed by atoms with E-state index in [1.807, 2.05) is 0 Å². The van der Waals surface area contributed by atoms with E-state index in [0.717, 1.165) is 19.4 Å². The van der Waals surface area contributed by atoms with Crippen LogP contribution in [0.25, 0.3) is 0 Å². The molecule has 0 aromatic heterocycles. The van der Waals surface area contributed by atoms with Gasteiger partial charge in [-0.05, 0) is 43.7 Å². The fourth-order valence-corrected chi connectivity index (χ4v) is 3.47. The van der Waals surface area contributed by atoms with Gasteiger partial charge in [0, 0.05) is 19.7 Å². The highest BCUT2D eigenvalue weighted by Crippen LogP contribution is 2.17. The first-order chi connectivity index (χ1) is 10.1. The molecular weight excluding hydrogens is 328 g/mol. The third-order valence-corrected chi connectivity index (χ3v) is 4.85. The minimum atomic E-state index is -3.47. The molecule has 2 rings (SSSR count). The van der Waals surface area contributed by atoms with Crippen LogP contribution in [0.1, 0.15) is 12.8 Å². The zero-order valence-electron chi connectivity index (χ0n) is 12.6. The predicted molar refractivity (Wildman–Crippen MR) is 87.3 cm³/mol. The average molecular weight is 351 g/mol. The van der Waals surface area contributed by atoms with Crippen LogP contribution in [0.4, 0.5) is 0 Å². The molecule has 0 unspecified atom stereocenters. The molecule has 1 aliphatic rings. The number of piperidine rings is 1. The van der Waals surface area contributed by atoms with E-state index in [9.17, 15) is 8.42 Å². The van der Waals surface area contributed by atoms with Gasteiger partial charge in [-0.2, -0.15) is 0 Å². The maximum atomic E-state index is 12.3. The topological polar surface area (TPSA) is 76.7 Å². The molecule has 1 aliphatic heterocycles. The molecule has 0 bridgehead atoms. The smallest absolute Gasteiger partial charge is 0.240 e. The Morgan fingerprint density at radius 1 is 1.27 bits per heavy atom. The number of sulfonamides is 1. The molecule has 0 radical (unpaired) electrons. The van der Waals surface area contributed by atoms with Gasteiger partial charge in [0.05, 0.1) is 11.5 Å². The van der Waals surface area contributed by atoms with E-state index >= 15 is 0 Å². The van der Waals surface area contributed by atoms with Gasteiger partial charge in [0.2, 0.25) is 10.0 Å². The molecule has 1 heterocycles. The van der Waals surface area contributed by atoms with E-state index < -0.39 is 10.0 Å². The Balaban J connectivity index is 0.00000242. The lowest BCUT2D eigenvalue weighted by atomic mass is 10.1. The van der Waals surface area contributed by atoms with Crippen LogP contribution in [0.2, 0.25) is 0 Å². The first-order valence-corrected chi connectivity index (χ1v) is 8.55. The second-order valence-corrected chi connectivity index (χ2v) is 6.69. The summed E-state index contributed by atoms with van der Waals surface area (Å²) in [6.45, 7) is 2.56. The SMILES string of the molecule is COCCOc1ccc(S(=O)(=O)N[C@H]2CCCNC2)cc1.Cl. The zero-order valence-corrected chi connectivity index (χ0v) is 14.2. The van der Waals surface area contributed by atoms with Gasteiger partial charge in [0.25, 0.3) is 0 Å². The Morgan fingerprint density at radius 3 is 2.59 bits per heavy atom. The van der Waals surface area contributed by atoms with Crippen molar-refractivity contribution in [3.8, 4) is 5.75 Å². The van der Waals surface area contributed by atoms with E-state index in [0.29, 0.717) is 25.5 Å². The minimum Gasteiger partial charge on any atom is -0.491 e. The lowest BCUT2D eigenvalue weighted by molar-refractivity contribution is 0.146. The zero-order chi connectivity index (χ0) is 15.1. The molecule has 1 aromatic rings. The van der Waals surface area contributed by atoms with Crippen LogP contribution in [0.3, 0.4) is 0 Å². The summed E-state index contributed by atoms with van der Waals surface area (Å²) in [5.41, 5.74) is 0. The summed E-state index contributed by atoms with van der Waals surface area (Å²) in [6, 6.07) is 6.38. The van der Waals surface area contributed by atoms with Crippen molar-refractivity contribution in [2.45, 2.75) is 23.8 Å². The van der Waals surface area contributed by atoms with E-state index in [1.165, 1.54) is 0 Å². The molecule has 6 nitrogen and oxygen atoms in total. The number of hydrogen-bond donors (Lipinski definition) is 2. The normalized spacial score (nSPS) is 18.5. The summed E-state index contributed by atoms with van der Waals surface area (Å²) in [5, 5.41) is 3.19. The molecule has 1 atom stereocenters. The molecule has 1 fully saturated rings. The monoisotopic (exact) mass is 350 g/mol. The van der Waals surface area contributed by atoms with Gasteiger partial charge >= 0.3 is 0 Å². The van der Waals surface area contributed by atoms with Crippen molar-refractivity contribution in [3.63, 3.8) is 0 Å². The minimum absolute atomic E-state index is 0. The molecule has 22 heavy (non-hydrogen) atoms. The second-order valence-electron chi connectivity index (χ2n) is 4.98. The van der Waals surface area contributed by atoms with E-state index in [-0.39, 0.29) is 23.3 Å². The van der Waals surface area contributed by atoms with Crippen LogP contribution in [-0.4, -0.2) is 47.9 Å². The van der Waals surface area contributed by atoms with Crippen LogP contribution in [-0.2, 0) is 14.8 Å². The molecule has 0 saturated carbocycles. The van der Waals surface area contributed by atoms with Gasteiger partial charge in [-0.25, -0.2) is 13.1 Å². The molecule has 8 heteroatoms. The third-order valence-electron chi connectivity index (χ3n) is 3.31. The summed E-state index contributed by atoms with van der Waals surface area (Å²) in [6.07, 6.45) is 1.85. The predicted octanol–water partition coefficient (Wildman–Crippen LogP) is 1.16. The molecule has 0 aliphatic carbocycles. The first kappa shape index (κ1) is 19.2. The van der Waals surface area contributed by atoms with Crippen LogP contribution in [0.15, 0.2) is 29.2 Å². The number of hydrogen-bond acceptors (Lipinski definition) is 5. The summed E-state index contributed by atoms with van der Waals surface area (Å²) < 4.78 is 37.6. The van der Waals surface area contributed by atoms with Crippen molar-refractivity contribution in [2.24, 2.45) is 0 Å². The van der Waals surface area contributed by atoms with Crippen LogP contribution in [0.5, 0.6) is 5.75 Å². The highest BCUT2D eigenvalue weighted by atomic mass is 35.5. The third kappa shape index (κ3) is 5.73. The number of methoxy groups -OCH3 is 1. The maximum absolute atomic E-state index is 12.3. The molecule has 0 spiro atoms. The second kappa shape index (κ2) is 9.32. The number of nitrogens with one attached hydrogen (secondary N) is 2. The lowest BCUT2D eigenvalue weighted by Crippen LogP contribution is -2.45. The van der Waals surface area contributed by atoms with Gasteiger partial charge in [0.15, 0.2) is 0 Å². The quantitative estimate of drug-likeness (QED) is 0.722. The number of ether oxygens (including phenoxy) is 2. The Labute approximate surface area is 138 Å². The van der Waals surface area contributed by atoms with Crippen molar-refractivity contribution < 1.29 is 17.9 Å². The van der Waals surface area contributed by atoms with Crippen LogP contribution >= 0.6 is 12.4 Å². The highest BCUT2D eigenvalue weighted by molar-refractivity contribution is 7.89. The van der Waals surface area contributed by atoms with Crippen molar-refractivity contribution in [1.82, 2.24) is 10.0 Å². The molecule has 1 saturated heterocycles. The van der Waals surface area contributed by atoms with Crippen molar-refractivity contribution in [1.29, 1.82) is 0 Å². The Morgan fingerprint density at radius 2 is 2.00 bits per heavy atom. The van der Waals surface area contributed by atoms with Gasteiger partial charge in [-0.3, -0.25) is 0 Å². The number of halogens is 1. The Hall–Kier alpha value is -0.860. The molecule has 126 valence electrons. The molecular formula is C14H23ClN2O4S. The van der Waals surface area contributed by atoms with E-state index in [1.54, 1.807) is 31.4 Å². The van der Waals surface area contributed by atoms with Gasteiger partial charge in [-0.15, -0.1) is 12.4 Å². The fourth-order valence-electron chi connectivity index (χ4n) is 2.20. The van der Waals surface area contributed by atoms with E-state index in [2.05, 4.69) is 10.0 Å². The number of benzene rings is 1. The summed E-state index contributed by atoms with van der Waals surface area (Å²) in [7, 11) is -1.87. The van der Waals surface area contributed by atoms with Crippen molar-refractivity contribution >= 4 is 22.4 Å². The average Bonchev–Trinajstić information content (AvgIpc) is 2.49. The van der Waals surface area contributed by atoms with E-state index in [4.69, 9.17) is 9.47 Å². The molecule has 0 amide bonds. The lowest BCUT2D eigenvalue weighted by Gasteiger charge is -2.23. The summed E-state index contributed by atoms with van der Waals surface area (Å²) >= 11 is 0. The van der Waals surface area contributed by atoms with Gasteiger partial charge in [0.1, 0.15) is 12.4 Å². The first-order valence-electron chi connectivity index (χ1n) is 7.06. The standard InChI is InChI=1S/C14H22N2O4S.ClH/c1-19-9-10-20-13-4-6-14(7-5-13)21(17,18)16-12-3-2-8-15-11-12;/h4-7,12,15-16H,2-3,8-11H2,1H3;1H/t12-;/m0./s1. The van der Waals surface area contributed by atoms with Gasteiger partial charge in [-0.1, -0.05) is 0 Å². The maximum Gasteiger partial charge on any atom is 0.240 e. The summed E-state index contributed by atoms with van der Waals surface area (Å²) in [5.74, 6) is 0.630. The van der Waals surface area contributed by atoms with Crippen LogP contribution < -0.4 is 14.8 Å². The van der Waals surface area contributed by atoms with Crippen molar-refractivity contribution in [2.75, 3.05) is 33.4 Å². The van der Waals surface area contributed by atoms with Gasteiger partial charge < -0.3 is 14.8 Å². The summed E-state index contributed by atoms with van der Waals surface area (Å²) in [4.78, 5) is 0.257. The number of rotatable bonds is 7. The highest BCUT2D eigenvalue weighted by Gasteiger charge is 2.21. The Bertz CT molecular complexity index is 530. The van der Waals surface area contributed by atoms with Crippen LogP contribution in [0, 0.1) is 0 Å². The van der Waals surface area contributed by atoms with Crippen molar-refractivity contribution in [3.05, 3.63) is 24.3 Å². The molecule has 1 aromatic carbocycles.